The third-order valence-electron chi connectivity index (χ3n) is 4.45. The van der Waals surface area contributed by atoms with Gasteiger partial charge in [0.2, 0.25) is 4.49 Å². The lowest BCUT2D eigenvalue weighted by molar-refractivity contribution is -0.167. The summed E-state index contributed by atoms with van der Waals surface area (Å²) < 4.78 is 31.9. The summed E-state index contributed by atoms with van der Waals surface area (Å²) in [5.41, 5.74) is 0.832. The quantitative estimate of drug-likeness (QED) is 0.312. The van der Waals surface area contributed by atoms with Crippen molar-refractivity contribution >= 4 is 40.4 Å². The van der Waals surface area contributed by atoms with Crippen LogP contribution >= 0.6 is 40.4 Å². The molecule has 2 rings (SSSR count). The first-order chi connectivity index (χ1) is 13.7. The first kappa shape index (κ1) is 24.1. The van der Waals surface area contributed by atoms with E-state index in [1.54, 1.807) is 48.5 Å². The molecule has 0 saturated carbocycles. The highest BCUT2D eigenvalue weighted by Gasteiger charge is 2.57. The summed E-state index contributed by atoms with van der Waals surface area (Å²) in [4.78, 5) is 24.8. The van der Waals surface area contributed by atoms with Crippen molar-refractivity contribution in [2.75, 3.05) is 14.2 Å². The molecule has 0 fully saturated rings. The summed E-state index contributed by atoms with van der Waals surface area (Å²) in [6.45, 7) is 1.85. The van der Waals surface area contributed by atoms with Crippen LogP contribution < -0.4 is 19.3 Å². The molecule has 6 nitrogen and oxygen atoms in total. The van der Waals surface area contributed by atoms with Gasteiger partial charge in [-0.3, -0.25) is 0 Å². The van der Waals surface area contributed by atoms with E-state index < -0.39 is 24.4 Å². The van der Waals surface area contributed by atoms with Crippen LogP contribution in [0.1, 0.15) is 30.9 Å². The summed E-state index contributed by atoms with van der Waals surface area (Å²) in [5, 5.41) is 0. The lowest BCUT2D eigenvalue weighted by Crippen LogP contribution is -2.28. The molecule has 0 aromatic heterocycles. The Morgan fingerprint density at radius 1 is 0.897 bits per heavy atom. The van der Waals surface area contributed by atoms with Crippen LogP contribution in [0.3, 0.4) is 0 Å². The van der Waals surface area contributed by atoms with Gasteiger partial charge in [0.1, 0.15) is 11.5 Å². The zero-order valence-electron chi connectivity index (χ0n) is 16.2. The highest BCUT2D eigenvalue weighted by Crippen LogP contribution is 2.67. The van der Waals surface area contributed by atoms with Gasteiger partial charge in [0.05, 0.1) is 14.2 Å². The fourth-order valence-corrected chi connectivity index (χ4v) is 7.86. The predicted octanol–water partition coefficient (Wildman–Crippen LogP) is 4.34. The average molecular weight is 472 g/mol. The molecule has 0 spiro atoms. The van der Waals surface area contributed by atoms with Crippen LogP contribution in [-0.2, 0) is 17.4 Å². The van der Waals surface area contributed by atoms with E-state index in [9.17, 15) is 18.9 Å². The molecular formula is C19H22O6P2S2. The molecule has 156 valence electrons. The molecule has 0 N–H and O–H groups in total. The van der Waals surface area contributed by atoms with E-state index >= 15 is 0 Å². The number of hydrogen-bond acceptors (Lipinski definition) is 8. The Hall–Kier alpha value is -1.14. The zero-order valence-corrected chi connectivity index (χ0v) is 19.7. The van der Waals surface area contributed by atoms with E-state index in [0.29, 0.717) is 29.0 Å². The van der Waals surface area contributed by atoms with Crippen molar-refractivity contribution < 1.29 is 28.4 Å². The topological polar surface area (TPSA) is 98.7 Å². The molecule has 0 bridgehead atoms. The van der Waals surface area contributed by atoms with Crippen LogP contribution in [0.25, 0.3) is 0 Å². The highest BCUT2D eigenvalue weighted by molar-refractivity contribution is 8.19. The van der Waals surface area contributed by atoms with Crippen molar-refractivity contribution in [2.45, 2.75) is 28.1 Å². The summed E-state index contributed by atoms with van der Waals surface area (Å²) >= 11 is 5.27. The minimum atomic E-state index is -3.14. The number of methoxy groups -OCH3 is 2. The van der Waals surface area contributed by atoms with Crippen molar-refractivity contribution in [2.24, 2.45) is 0 Å². The van der Waals surface area contributed by atoms with Gasteiger partial charge in [0.15, 0.2) is 0 Å². The van der Waals surface area contributed by atoms with E-state index in [0.717, 1.165) is 11.8 Å². The Bertz CT molecular complexity index is 862. The molecule has 4 atom stereocenters. The summed E-state index contributed by atoms with van der Waals surface area (Å²) in [6, 6.07) is 13.0. The Balaban J connectivity index is 2.60. The molecule has 0 aliphatic carbocycles. The standard InChI is InChI=1S/C19H22O6P2S2/c1-4-13-18(26(20)21,14-5-9-16(24-2)10-6-14)29-19(28,27(22)23)15-7-11-17(25-3)12-8-15/h5-12,28H,4,13H2,1-3H3. The third-order valence-corrected chi connectivity index (χ3v) is 10.0. The number of thiol groups is 1. The summed E-state index contributed by atoms with van der Waals surface area (Å²) in [5.74, 6) is 1.13. The Labute approximate surface area is 182 Å². The fraction of sp³-hybridized carbons (Fsp3) is 0.368. The van der Waals surface area contributed by atoms with Gasteiger partial charge in [-0.05, 0) is 60.3 Å². The van der Waals surface area contributed by atoms with Crippen molar-refractivity contribution in [1.82, 2.24) is 0 Å². The van der Waals surface area contributed by atoms with Crippen LogP contribution in [0.4, 0.5) is 0 Å². The molecule has 0 aliphatic heterocycles. The van der Waals surface area contributed by atoms with Gasteiger partial charge < -0.3 is 19.3 Å². The third kappa shape index (κ3) is 5.13. The minimum Gasteiger partial charge on any atom is -0.594 e. The number of benzene rings is 2. The van der Waals surface area contributed by atoms with Gasteiger partial charge in [0.25, 0.3) is 3.82 Å². The van der Waals surface area contributed by atoms with E-state index in [1.165, 1.54) is 14.2 Å². The Morgan fingerprint density at radius 3 is 1.69 bits per heavy atom. The SMILES string of the molecule is CCCC(SC(S)(c1ccc(OC)cc1)[P+](=O)[O-])(c1ccc(OC)cc1)[P+](=O)[O-]. The number of hydrogen-bond donors (Lipinski definition) is 1. The van der Waals surface area contributed by atoms with Crippen LogP contribution in [0.2, 0.25) is 0 Å². The Kier molecular flexibility index (Phi) is 8.53. The monoisotopic (exact) mass is 472 g/mol. The first-order valence-corrected chi connectivity index (χ1v) is 12.4. The second-order valence-corrected chi connectivity index (χ2v) is 12.1. The molecule has 29 heavy (non-hydrogen) atoms. The lowest BCUT2D eigenvalue weighted by Gasteiger charge is -2.31. The molecule has 2 aromatic rings. The zero-order chi connectivity index (χ0) is 21.7. The summed E-state index contributed by atoms with van der Waals surface area (Å²) in [7, 11) is -3.17. The van der Waals surface area contributed by atoms with Gasteiger partial charge in [-0.25, -0.2) is 0 Å². The van der Waals surface area contributed by atoms with Crippen LogP contribution in [-0.4, -0.2) is 14.2 Å². The maximum atomic E-state index is 12.5. The second kappa shape index (κ2) is 10.3. The number of thioether (sulfide) groups is 1. The largest absolute Gasteiger partial charge is 0.594 e. The van der Waals surface area contributed by atoms with E-state index in [-0.39, 0.29) is 6.42 Å². The molecule has 0 radical (unpaired) electrons. The maximum Gasteiger partial charge on any atom is 0.342 e. The van der Waals surface area contributed by atoms with Crippen LogP contribution in [0.15, 0.2) is 48.5 Å². The molecule has 10 heteroatoms. The van der Waals surface area contributed by atoms with E-state index in [1.807, 2.05) is 6.92 Å². The molecule has 4 unspecified atom stereocenters. The van der Waals surface area contributed by atoms with Crippen LogP contribution in [0, 0.1) is 0 Å². The van der Waals surface area contributed by atoms with Gasteiger partial charge in [-0.2, -0.15) is 0 Å². The van der Waals surface area contributed by atoms with Gasteiger partial charge in [-0.15, -0.1) is 12.6 Å². The van der Waals surface area contributed by atoms with Crippen molar-refractivity contribution in [3.8, 4) is 11.5 Å². The molecule has 0 aliphatic rings. The molecule has 0 saturated heterocycles. The smallest absolute Gasteiger partial charge is 0.342 e. The number of rotatable bonds is 10. The Morgan fingerprint density at radius 2 is 1.34 bits per heavy atom. The highest BCUT2D eigenvalue weighted by atomic mass is 32.2. The maximum absolute atomic E-state index is 12.5. The number of ether oxygens (including phenoxy) is 2. The first-order valence-electron chi connectivity index (χ1n) is 8.74. The van der Waals surface area contributed by atoms with E-state index in [2.05, 4.69) is 12.6 Å². The van der Waals surface area contributed by atoms with Gasteiger partial charge >= 0.3 is 16.1 Å². The fourth-order valence-electron chi connectivity index (χ4n) is 2.92. The molecule has 0 amide bonds. The second-order valence-electron chi connectivity index (χ2n) is 6.22. The van der Waals surface area contributed by atoms with Gasteiger partial charge in [-0.1, -0.05) is 22.5 Å². The molecule has 0 heterocycles. The van der Waals surface area contributed by atoms with Gasteiger partial charge in [0, 0.05) is 17.5 Å². The lowest BCUT2D eigenvalue weighted by atomic mass is 10.1. The molecular weight excluding hydrogens is 450 g/mol. The minimum absolute atomic E-state index is 0.227. The van der Waals surface area contributed by atoms with Crippen molar-refractivity contribution in [3.05, 3.63) is 59.7 Å². The predicted molar refractivity (Wildman–Crippen MR) is 116 cm³/mol. The molecule has 2 aromatic carbocycles. The van der Waals surface area contributed by atoms with Crippen molar-refractivity contribution in [3.63, 3.8) is 0 Å². The van der Waals surface area contributed by atoms with E-state index in [4.69, 9.17) is 9.47 Å². The van der Waals surface area contributed by atoms with Crippen LogP contribution in [0.5, 0.6) is 11.5 Å². The normalized spacial score (nSPS) is 16.3. The van der Waals surface area contributed by atoms with Crippen molar-refractivity contribution in [1.29, 1.82) is 0 Å². The average Bonchev–Trinajstić information content (AvgIpc) is 2.73. The summed E-state index contributed by atoms with van der Waals surface area (Å²) in [6.07, 6.45) is 0.759.